The maximum Gasteiger partial charge on any atom is 0.253 e. The molecule has 2 N–H and O–H groups in total. The molecule has 0 spiro atoms. The van der Waals surface area contributed by atoms with E-state index in [1.807, 2.05) is 4.90 Å². The molecule has 18 heavy (non-hydrogen) atoms. The fourth-order valence-electron chi connectivity index (χ4n) is 2.50. The van der Waals surface area contributed by atoms with Crippen molar-refractivity contribution >= 4 is 11.6 Å². The van der Waals surface area contributed by atoms with Gasteiger partial charge in [0, 0.05) is 18.7 Å². The van der Waals surface area contributed by atoms with Crippen molar-refractivity contribution < 1.29 is 9.18 Å². The van der Waals surface area contributed by atoms with Crippen molar-refractivity contribution in [2.75, 3.05) is 18.8 Å². The summed E-state index contributed by atoms with van der Waals surface area (Å²) in [6, 6.07) is 4.26. The Labute approximate surface area is 107 Å². The molecule has 2 rings (SSSR count). The molecule has 3 nitrogen and oxygen atoms in total. The van der Waals surface area contributed by atoms with Gasteiger partial charge in [-0.15, -0.1) is 0 Å². The number of carbonyl (C=O) groups is 1. The summed E-state index contributed by atoms with van der Waals surface area (Å²) in [7, 11) is 0. The predicted octanol–water partition coefficient (Wildman–Crippen LogP) is 2.67. The van der Waals surface area contributed by atoms with Crippen molar-refractivity contribution in [3.63, 3.8) is 0 Å². The second-order valence-electron chi connectivity index (χ2n) is 4.93. The molecule has 0 aromatic heterocycles. The first kappa shape index (κ1) is 12.9. The van der Waals surface area contributed by atoms with Crippen molar-refractivity contribution in [1.29, 1.82) is 0 Å². The van der Waals surface area contributed by atoms with Crippen molar-refractivity contribution in [2.24, 2.45) is 5.92 Å². The van der Waals surface area contributed by atoms with Gasteiger partial charge in [-0.3, -0.25) is 4.79 Å². The molecule has 1 aromatic rings. The number of rotatable bonds is 3. The standard InChI is InChI=1S/C14H19FN2O/c1-2-3-10-6-7-17(9-10)14(18)11-4-5-13(16)12(15)8-11/h4-5,8,10H,2-3,6-7,9,16H2,1H3. The Morgan fingerprint density at radius 1 is 1.56 bits per heavy atom. The monoisotopic (exact) mass is 250 g/mol. The third kappa shape index (κ3) is 2.63. The molecular weight excluding hydrogens is 231 g/mol. The summed E-state index contributed by atoms with van der Waals surface area (Å²) < 4.78 is 13.3. The minimum absolute atomic E-state index is 0.0804. The van der Waals surface area contributed by atoms with Crippen molar-refractivity contribution in [2.45, 2.75) is 26.2 Å². The molecule has 1 saturated heterocycles. The van der Waals surface area contributed by atoms with Crippen LogP contribution in [0.3, 0.4) is 0 Å². The molecule has 1 fully saturated rings. The van der Waals surface area contributed by atoms with Crippen molar-refractivity contribution in [3.8, 4) is 0 Å². The first-order chi connectivity index (χ1) is 8.61. The number of hydrogen-bond acceptors (Lipinski definition) is 2. The smallest absolute Gasteiger partial charge is 0.253 e. The molecule has 1 heterocycles. The average Bonchev–Trinajstić information content (AvgIpc) is 2.81. The number of anilines is 1. The highest BCUT2D eigenvalue weighted by atomic mass is 19.1. The van der Waals surface area contributed by atoms with E-state index in [1.165, 1.54) is 12.1 Å². The highest BCUT2D eigenvalue weighted by Crippen LogP contribution is 2.23. The van der Waals surface area contributed by atoms with Gasteiger partial charge in [0.15, 0.2) is 0 Å². The number of halogens is 1. The van der Waals surface area contributed by atoms with E-state index in [2.05, 4.69) is 6.92 Å². The second kappa shape index (κ2) is 5.38. The highest BCUT2D eigenvalue weighted by molar-refractivity contribution is 5.94. The lowest BCUT2D eigenvalue weighted by molar-refractivity contribution is 0.0786. The Balaban J connectivity index is 2.05. The van der Waals surface area contributed by atoms with Crippen LogP contribution in [0.1, 0.15) is 36.5 Å². The Bertz CT molecular complexity index is 447. The van der Waals surface area contributed by atoms with E-state index in [0.717, 1.165) is 32.4 Å². The summed E-state index contributed by atoms with van der Waals surface area (Å²) in [6.07, 6.45) is 3.35. The van der Waals surface area contributed by atoms with E-state index in [9.17, 15) is 9.18 Å². The van der Waals surface area contributed by atoms with Gasteiger partial charge in [0.05, 0.1) is 5.69 Å². The molecule has 1 unspecified atom stereocenters. The average molecular weight is 250 g/mol. The van der Waals surface area contributed by atoms with Gasteiger partial charge >= 0.3 is 0 Å². The van der Waals surface area contributed by atoms with Gasteiger partial charge in [-0.2, -0.15) is 0 Å². The number of nitrogen functional groups attached to an aromatic ring is 1. The summed E-state index contributed by atoms with van der Waals surface area (Å²) in [4.78, 5) is 14.0. The van der Waals surface area contributed by atoms with Crippen LogP contribution in [-0.4, -0.2) is 23.9 Å². The number of nitrogens with zero attached hydrogens (tertiary/aromatic N) is 1. The molecule has 1 atom stereocenters. The molecule has 4 heteroatoms. The van der Waals surface area contributed by atoms with Crippen LogP contribution in [0.2, 0.25) is 0 Å². The lowest BCUT2D eigenvalue weighted by atomic mass is 10.0. The van der Waals surface area contributed by atoms with Gasteiger partial charge in [0.1, 0.15) is 5.82 Å². The summed E-state index contributed by atoms with van der Waals surface area (Å²) in [5.41, 5.74) is 5.87. The lowest BCUT2D eigenvalue weighted by Gasteiger charge is -2.16. The Hall–Kier alpha value is -1.58. The number of hydrogen-bond donors (Lipinski definition) is 1. The molecule has 1 aromatic carbocycles. The molecule has 0 bridgehead atoms. The molecule has 0 aliphatic carbocycles. The summed E-state index contributed by atoms with van der Waals surface area (Å²) in [6.45, 7) is 3.72. The van der Waals surface area contributed by atoms with Crippen LogP contribution in [0.4, 0.5) is 10.1 Å². The quantitative estimate of drug-likeness (QED) is 0.838. The van der Waals surface area contributed by atoms with Crippen LogP contribution in [0.15, 0.2) is 18.2 Å². The largest absolute Gasteiger partial charge is 0.396 e. The number of nitrogens with two attached hydrogens (primary N) is 1. The SMILES string of the molecule is CCCC1CCN(C(=O)c2ccc(N)c(F)c2)C1. The van der Waals surface area contributed by atoms with E-state index >= 15 is 0 Å². The zero-order valence-electron chi connectivity index (χ0n) is 10.7. The Kier molecular flexibility index (Phi) is 3.84. The molecule has 1 aliphatic rings. The second-order valence-corrected chi connectivity index (χ2v) is 4.93. The summed E-state index contributed by atoms with van der Waals surface area (Å²) >= 11 is 0. The van der Waals surface area contributed by atoms with Gasteiger partial charge in [-0.1, -0.05) is 13.3 Å². The van der Waals surface area contributed by atoms with Crippen LogP contribution < -0.4 is 5.73 Å². The van der Waals surface area contributed by atoms with E-state index in [1.54, 1.807) is 6.07 Å². The van der Waals surface area contributed by atoms with Gasteiger partial charge in [-0.05, 0) is 37.0 Å². The summed E-state index contributed by atoms with van der Waals surface area (Å²) in [5.74, 6) is -0.0183. The van der Waals surface area contributed by atoms with Gasteiger partial charge in [0.2, 0.25) is 0 Å². The maximum atomic E-state index is 13.3. The fourth-order valence-corrected chi connectivity index (χ4v) is 2.50. The van der Waals surface area contributed by atoms with Gasteiger partial charge < -0.3 is 10.6 Å². The number of likely N-dealkylation sites (tertiary alicyclic amines) is 1. The van der Waals surface area contributed by atoms with Crippen LogP contribution in [0.5, 0.6) is 0 Å². The van der Waals surface area contributed by atoms with Crippen molar-refractivity contribution in [3.05, 3.63) is 29.6 Å². The van der Waals surface area contributed by atoms with Crippen LogP contribution in [0.25, 0.3) is 0 Å². The van der Waals surface area contributed by atoms with E-state index in [4.69, 9.17) is 5.73 Å². The number of benzene rings is 1. The minimum Gasteiger partial charge on any atom is -0.396 e. The molecule has 0 saturated carbocycles. The van der Waals surface area contributed by atoms with E-state index < -0.39 is 5.82 Å². The van der Waals surface area contributed by atoms with Crippen LogP contribution in [-0.2, 0) is 0 Å². The maximum absolute atomic E-state index is 13.3. The zero-order valence-corrected chi connectivity index (χ0v) is 10.7. The summed E-state index contributed by atoms with van der Waals surface area (Å²) in [5, 5.41) is 0. The zero-order chi connectivity index (χ0) is 13.1. The third-order valence-electron chi connectivity index (χ3n) is 3.52. The van der Waals surface area contributed by atoms with Gasteiger partial charge in [0.25, 0.3) is 5.91 Å². The normalized spacial score (nSPS) is 19.2. The van der Waals surface area contributed by atoms with Crippen LogP contribution >= 0.6 is 0 Å². The van der Waals surface area contributed by atoms with Crippen LogP contribution in [0, 0.1) is 11.7 Å². The van der Waals surface area contributed by atoms with Gasteiger partial charge in [-0.25, -0.2) is 4.39 Å². The molecule has 0 radical (unpaired) electrons. The third-order valence-corrected chi connectivity index (χ3v) is 3.52. The first-order valence-corrected chi connectivity index (χ1v) is 6.46. The molecule has 98 valence electrons. The number of amides is 1. The Morgan fingerprint density at radius 2 is 2.33 bits per heavy atom. The van der Waals surface area contributed by atoms with E-state index in [0.29, 0.717) is 11.5 Å². The molecular formula is C14H19FN2O. The minimum atomic E-state index is -0.523. The first-order valence-electron chi connectivity index (χ1n) is 6.46. The predicted molar refractivity (Wildman–Crippen MR) is 69.7 cm³/mol. The van der Waals surface area contributed by atoms with Crippen molar-refractivity contribution in [1.82, 2.24) is 4.90 Å². The fraction of sp³-hybridized carbons (Fsp3) is 0.500. The Morgan fingerprint density at radius 3 is 3.00 bits per heavy atom. The molecule has 1 amide bonds. The molecule has 1 aliphatic heterocycles. The lowest BCUT2D eigenvalue weighted by Crippen LogP contribution is -2.28. The number of carbonyl (C=O) groups excluding carboxylic acids is 1. The highest BCUT2D eigenvalue weighted by Gasteiger charge is 2.26. The van der Waals surface area contributed by atoms with E-state index in [-0.39, 0.29) is 11.6 Å². The topological polar surface area (TPSA) is 46.3 Å².